The predicted molar refractivity (Wildman–Crippen MR) is 94.9 cm³/mol. The van der Waals surface area contributed by atoms with Gasteiger partial charge in [-0.15, -0.1) is 0 Å². The fourth-order valence-corrected chi connectivity index (χ4v) is 8.86. The van der Waals surface area contributed by atoms with Gasteiger partial charge in [0.05, 0.1) is 31.1 Å². The van der Waals surface area contributed by atoms with E-state index in [2.05, 4.69) is 79.8 Å². The minimum absolute atomic E-state index is 0.617. The lowest BCUT2D eigenvalue weighted by atomic mass is 10.2. The smallest absolute Gasteiger partial charge is 0.0944 e. The normalized spacial score (nSPS) is 29.2. The largest absolute Gasteiger partial charge is 0.305 e. The topological polar surface area (TPSA) is 12.0 Å². The van der Waals surface area contributed by atoms with Gasteiger partial charge in [0.25, 0.3) is 0 Å². The molecule has 3 atom stereocenters. The molecule has 1 aliphatic heterocycles. The van der Waals surface area contributed by atoms with Crippen LogP contribution in [0.4, 0.5) is 0 Å². The van der Waals surface area contributed by atoms with Crippen molar-refractivity contribution in [3.63, 3.8) is 0 Å². The van der Waals surface area contributed by atoms with Gasteiger partial charge in [-0.3, -0.25) is 0 Å². The van der Waals surface area contributed by atoms with Crippen molar-refractivity contribution in [3.8, 4) is 0 Å². The van der Waals surface area contributed by atoms with Crippen LogP contribution in [0, 0.1) is 0 Å². The SMILES string of the molecule is C[C@@H]1C[P+](Cc2ccccc2)(c2ccccc2)C[C@H](C)N1. The van der Waals surface area contributed by atoms with Crippen LogP contribution in [0.25, 0.3) is 0 Å². The van der Waals surface area contributed by atoms with Gasteiger partial charge in [-0.1, -0.05) is 48.5 Å². The van der Waals surface area contributed by atoms with Crippen LogP contribution < -0.4 is 10.6 Å². The first-order valence-corrected chi connectivity index (χ1v) is 10.2. The van der Waals surface area contributed by atoms with Crippen molar-refractivity contribution in [2.75, 3.05) is 12.3 Å². The lowest BCUT2D eigenvalue weighted by Gasteiger charge is -2.38. The first kappa shape index (κ1) is 14.8. The monoisotopic (exact) mass is 298 g/mol. The number of hydrogen-bond donors (Lipinski definition) is 1. The average Bonchev–Trinajstić information content (AvgIpc) is 2.48. The minimum Gasteiger partial charge on any atom is -0.305 e. The van der Waals surface area contributed by atoms with Crippen molar-refractivity contribution in [1.29, 1.82) is 0 Å². The van der Waals surface area contributed by atoms with Crippen molar-refractivity contribution in [1.82, 2.24) is 5.32 Å². The zero-order valence-electron chi connectivity index (χ0n) is 13.0. The number of nitrogens with one attached hydrogen (secondary N) is 1. The highest BCUT2D eigenvalue weighted by molar-refractivity contribution is 7.82. The van der Waals surface area contributed by atoms with Gasteiger partial charge in [0, 0.05) is 12.1 Å². The highest BCUT2D eigenvalue weighted by atomic mass is 31.2. The van der Waals surface area contributed by atoms with Crippen molar-refractivity contribution in [2.45, 2.75) is 32.1 Å². The minimum atomic E-state index is -1.14. The summed E-state index contributed by atoms with van der Waals surface area (Å²) in [4.78, 5) is 0. The van der Waals surface area contributed by atoms with E-state index in [1.807, 2.05) is 0 Å². The Balaban J connectivity index is 1.98. The average molecular weight is 298 g/mol. The molecule has 0 aliphatic carbocycles. The zero-order valence-corrected chi connectivity index (χ0v) is 13.9. The maximum atomic E-state index is 3.72. The molecule has 0 bridgehead atoms. The summed E-state index contributed by atoms with van der Waals surface area (Å²) < 4.78 is 0. The molecule has 2 aromatic rings. The summed E-state index contributed by atoms with van der Waals surface area (Å²) in [5.74, 6) is 0. The summed E-state index contributed by atoms with van der Waals surface area (Å²) in [6.45, 7) is 4.69. The maximum absolute atomic E-state index is 3.72. The first-order chi connectivity index (χ1) is 10.2. The van der Waals surface area contributed by atoms with Crippen molar-refractivity contribution < 1.29 is 0 Å². The third kappa shape index (κ3) is 3.36. The van der Waals surface area contributed by atoms with Crippen molar-refractivity contribution in [3.05, 3.63) is 66.2 Å². The highest BCUT2D eigenvalue weighted by Crippen LogP contribution is 2.62. The summed E-state index contributed by atoms with van der Waals surface area (Å²) >= 11 is 0. The number of rotatable bonds is 3. The van der Waals surface area contributed by atoms with Crippen LogP contribution in [0.1, 0.15) is 19.4 Å². The first-order valence-electron chi connectivity index (χ1n) is 7.90. The van der Waals surface area contributed by atoms with Gasteiger partial charge in [0.1, 0.15) is 0 Å². The molecule has 1 fully saturated rings. The van der Waals surface area contributed by atoms with Crippen LogP contribution in [-0.4, -0.2) is 24.4 Å². The van der Waals surface area contributed by atoms with Crippen LogP contribution in [-0.2, 0) is 6.16 Å². The van der Waals surface area contributed by atoms with Crippen molar-refractivity contribution >= 4 is 12.6 Å². The molecule has 2 heteroatoms. The Labute approximate surface area is 129 Å². The van der Waals surface area contributed by atoms with Crippen LogP contribution in [0.2, 0.25) is 0 Å². The lowest BCUT2D eigenvalue weighted by molar-refractivity contribution is 0.504. The van der Waals surface area contributed by atoms with E-state index in [9.17, 15) is 0 Å². The van der Waals surface area contributed by atoms with Gasteiger partial charge in [-0.25, -0.2) is 0 Å². The molecule has 3 rings (SSSR count). The second-order valence-corrected chi connectivity index (χ2v) is 10.3. The number of hydrogen-bond acceptors (Lipinski definition) is 1. The molecule has 0 amide bonds. The molecular formula is C19H25NP+. The van der Waals surface area contributed by atoms with Crippen LogP contribution in [0.3, 0.4) is 0 Å². The Morgan fingerprint density at radius 3 is 1.95 bits per heavy atom. The standard InChI is InChI=1S/C19H25NP/c1-16-13-21(14-17(2)20-16,19-11-7-4-8-12-19)15-18-9-5-3-6-10-18/h3-12,16-17,20H,13-15H2,1-2H3/q+1/t16-,17+,21?. The van der Waals surface area contributed by atoms with E-state index in [4.69, 9.17) is 0 Å². The van der Waals surface area contributed by atoms with E-state index in [0.717, 1.165) is 0 Å². The van der Waals surface area contributed by atoms with Gasteiger partial charge in [-0.05, 0) is 31.5 Å². The van der Waals surface area contributed by atoms with Gasteiger partial charge < -0.3 is 5.32 Å². The lowest BCUT2D eigenvalue weighted by Crippen LogP contribution is -2.48. The molecule has 1 heterocycles. The Morgan fingerprint density at radius 2 is 1.38 bits per heavy atom. The molecule has 1 N–H and O–H groups in total. The molecule has 0 spiro atoms. The Kier molecular flexibility index (Phi) is 4.42. The molecule has 0 saturated carbocycles. The molecule has 110 valence electrons. The summed E-state index contributed by atoms with van der Waals surface area (Å²) in [5.41, 5.74) is 1.50. The summed E-state index contributed by atoms with van der Waals surface area (Å²) in [7, 11) is -1.14. The van der Waals surface area contributed by atoms with Gasteiger partial charge in [-0.2, -0.15) is 0 Å². The molecule has 1 saturated heterocycles. The second-order valence-electron chi connectivity index (χ2n) is 6.46. The molecule has 1 unspecified atom stereocenters. The molecule has 0 radical (unpaired) electrons. The van der Waals surface area contributed by atoms with E-state index < -0.39 is 7.26 Å². The van der Waals surface area contributed by atoms with E-state index >= 15 is 0 Å². The van der Waals surface area contributed by atoms with E-state index in [1.54, 1.807) is 5.30 Å². The summed E-state index contributed by atoms with van der Waals surface area (Å²) in [6, 6.07) is 23.6. The second kappa shape index (κ2) is 6.30. The van der Waals surface area contributed by atoms with Crippen LogP contribution >= 0.6 is 7.26 Å². The molecule has 1 aliphatic rings. The van der Waals surface area contributed by atoms with Gasteiger partial charge in [0.2, 0.25) is 0 Å². The van der Waals surface area contributed by atoms with Gasteiger partial charge in [0.15, 0.2) is 0 Å². The maximum Gasteiger partial charge on any atom is 0.0944 e. The van der Waals surface area contributed by atoms with Gasteiger partial charge >= 0.3 is 0 Å². The van der Waals surface area contributed by atoms with E-state index in [-0.39, 0.29) is 0 Å². The third-order valence-electron chi connectivity index (χ3n) is 4.45. The van der Waals surface area contributed by atoms with Crippen LogP contribution in [0.5, 0.6) is 0 Å². The number of benzene rings is 2. The molecular weight excluding hydrogens is 273 g/mol. The fraction of sp³-hybridized carbons (Fsp3) is 0.368. The molecule has 2 aromatic carbocycles. The molecule has 0 aromatic heterocycles. The summed E-state index contributed by atoms with van der Waals surface area (Å²) in [5, 5.41) is 5.32. The quantitative estimate of drug-likeness (QED) is 0.847. The van der Waals surface area contributed by atoms with E-state index in [0.29, 0.717) is 12.1 Å². The Hall–Kier alpha value is -1.17. The predicted octanol–water partition coefficient (Wildman–Crippen LogP) is 3.91. The zero-order chi connectivity index (χ0) is 14.7. The fourth-order valence-electron chi connectivity index (χ4n) is 3.82. The summed E-state index contributed by atoms with van der Waals surface area (Å²) in [6.07, 6.45) is 3.88. The van der Waals surface area contributed by atoms with Crippen LogP contribution in [0.15, 0.2) is 60.7 Å². The molecule has 1 nitrogen and oxygen atoms in total. The van der Waals surface area contributed by atoms with E-state index in [1.165, 1.54) is 24.0 Å². The molecule has 21 heavy (non-hydrogen) atoms. The Bertz CT molecular complexity index is 557. The highest BCUT2D eigenvalue weighted by Gasteiger charge is 2.46. The third-order valence-corrected chi connectivity index (χ3v) is 9.31. The van der Waals surface area contributed by atoms with Crippen molar-refractivity contribution in [2.24, 2.45) is 0 Å². The Morgan fingerprint density at radius 1 is 0.857 bits per heavy atom.